The van der Waals surface area contributed by atoms with Crippen LogP contribution in [0.2, 0.25) is 0 Å². The van der Waals surface area contributed by atoms with Crippen LogP contribution < -0.4 is 10.1 Å². The molecular formula is C13H15N3O. The van der Waals surface area contributed by atoms with E-state index in [-0.39, 0.29) is 0 Å². The van der Waals surface area contributed by atoms with Crippen molar-refractivity contribution in [3.05, 3.63) is 48.4 Å². The fourth-order valence-electron chi connectivity index (χ4n) is 1.47. The van der Waals surface area contributed by atoms with Crippen LogP contribution in [0.5, 0.6) is 5.75 Å². The lowest BCUT2D eigenvalue weighted by Crippen LogP contribution is -2.06. The van der Waals surface area contributed by atoms with Gasteiger partial charge in [0.2, 0.25) is 0 Å². The first kappa shape index (κ1) is 11.4. The Labute approximate surface area is 101 Å². The van der Waals surface area contributed by atoms with Gasteiger partial charge in [-0.3, -0.25) is 4.98 Å². The lowest BCUT2D eigenvalue weighted by Gasteiger charge is -2.05. The van der Waals surface area contributed by atoms with Crippen LogP contribution >= 0.6 is 0 Å². The Morgan fingerprint density at radius 1 is 1.18 bits per heavy atom. The first-order chi connectivity index (χ1) is 8.38. The van der Waals surface area contributed by atoms with E-state index in [9.17, 15) is 0 Å². The van der Waals surface area contributed by atoms with E-state index in [1.807, 2.05) is 30.3 Å². The Balaban J connectivity index is 1.82. The summed E-state index contributed by atoms with van der Waals surface area (Å²) in [5, 5.41) is 3.24. The zero-order valence-electron chi connectivity index (χ0n) is 9.76. The van der Waals surface area contributed by atoms with Crippen molar-refractivity contribution in [3.8, 4) is 5.75 Å². The smallest absolute Gasteiger partial charge is 0.137 e. The van der Waals surface area contributed by atoms with E-state index in [1.54, 1.807) is 19.5 Å². The molecule has 0 fully saturated rings. The van der Waals surface area contributed by atoms with Crippen molar-refractivity contribution in [2.24, 2.45) is 0 Å². The third-order valence-corrected chi connectivity index (χ3v) is 2.39. The Hall–Kier alpha value is -2.10. The van der Waals surface area contributed by atoms with E-state index in [2.05, 4.69) is 15.3 Å². The molecule has 0 saturated carbocycles. The molecule has 0 aromatic carbocycles. The van der Waals surface area contributed by atoms with E-state index in [0.717, 1.165) is 30.2 Å². The number of methoxy groups -OCH3 is 1. The number of aromatic nitrogens is 2. The minimum Gasteiger partial charge on any atom is -0.495 e. The number of rotatable bonds is 5. The molecule has 0 spiro atoms. The zero-order chi connectivity index (χ0) is 11.9. The van der Waals surface area contributed by atoms with Gasteiger partial charge in [-0.25, -0.2) is 4.98 Å². The van der Waals surface area contributed by atoms with Crippen molar-refractivity contribution in [1.82, 2.24) is 9.97 Å². The fourth-order valence-corrected chi connectivity index (χ4v) is 1.47. The molecule has 2 aromatic rings. The average molecular weight is 229 g/mol. The van der Waals surface area contributed by atoms with Gasteiger partial charge in [0.25, 0.3) is 0 Å². The van der Waals surface area contributed by atoms with Crippen molar-refractivity contribution < 1.29 is 4.74 Å². The summed E-state index contributed by atoms with van der Waals surface area (Å²) >= 11 is 0. The Morgan fingerprint density at radius 3 is 2.76 bits per heavy atom. The maximum atomic E-state index is 5.04. The Bertz CT molecular complexity index is 442. The lowest BCUT2D eigenvalue weighted by molar-refractivity contribution is 0.413. The van der Waals surface area contributed by atoms with Crippen molar-refractivity contribution in [1.29, 1.82) is 0 Å². The van der Waals surface area contributed by atoms with Crippen LogP contribution in [0.1, 0.15) is 5.69 Å². The second kappa shape index (κ2) is 5.84. The molecule has 0 amide bonds. The second-order valence-corrected chi connectivity index (χ2v) is 3.58. The van der Waals surface area contributed by atoms with Crippen molar-refractivity contribution in [2.75, 3.05) is 19.0 Å². The molecule has 2 rings (SSSR count). The molecule has 0 radical (unpaired) electrons. The van der Waals surface area contributed by atoms with Gasteiger partial charge in [-0.1, -0.05) is 6.07 Å². The van der Waals surface area contributed by atoms with Gasteiger partial charge in [0, 0.05) is 24.9 Å². The lowest BCUT2D eigenvalue weighted by atomic mass is 10.3. The zero-order valence-corrected chi connectivity index (χ0v) is 9.76. The minimum absolute atomic E-state index is 0.764. The van der Waals surface area contributed by atoms with Gasteiger partial charge in [0.15, 0.2) is 0 Å². The maximum absolute atomic E-state index is 5.04. The summed E-state index contributed by atoms with van der Waals surface area (Å²) in [6.45, 7) is 0.816. The second-order valence-electron chi connectivity index (χ2n) is 3.58. The number of hydrogen-bond acceptors (Lipinski definition) is 4. The normalized spacial score (nSPS) is 9.94. The van der Waals surface area contributed by atoms with Crippen LogP contribution in [0, 0.1) is 0 Å². The molecule has 4 nitrogen and oxygen atoms in total. The molecule has 0 bridgehead atoms. The van der Waals surface area contributed by atoms with Gasteiger partial charge in [-0.15, -0.1) is 0 Å². The van der Waals surface area contributed by atoms with Gasteiger partial charge in [-0.05, 0) is 24.3 Å². The van der Waals surface area contributed by atoms with Gasteiger partial charge in [0.1, 0.15) is 11.6 Å². The summed E-state index contributed by atoms with van der Waals surface area (Å²) in [5.74, 6) is 1.61. The van der Waals surface area contributed by atoms with Crippen LogP contribution in [-0.4, -0.2) is 23.6 Å². The molecule has 17 heavy (non-hydrogen) atoms. The van der Waals surface area contributed by atoms with Crippen LogP contribution in [0.15, 0.2) is 42.7 Å². The largest absolute Gasteiger partial charge is 0.495 e. The number of nitrogens with one attached hydrogen (secondary N) is 1. The van der Waals surface area contributed by atoms with Crippen LogP contribution in [0.25, 0.3) is 0 Å². The van der Waals surface area contributed by atoms with Crippen LogP contribution in [0.3, 0.4) is 0 Å². The molecule has 0 aliphatic carbocycles. The summed E-state index contributed by atoms with van der Waals surface area (Å²) in [7, 11) is 1.63. The third-order valence-electron chi connectivity index (χ3n) is 2.39. The number of pyridine rings is 2. The van der Waals surface area contributed by atoms with Crippen molar-refractivity contribution >= 4 is 5.82 Å². The van der Waals surface area contributed by atoms with E-state index < -0.39 is 0 Å². The highest BCUT2D eigenvalue weighted by Crippen LogP contribution is 2.10. The summed E-state index contributed by atoms with van der Waals surface area (Å²) in [6, 6.07) is 9.71. The predicted molar refractivity (Wildman–Crippen MR) is 67.2 cm³/mol. The van der Waals surface area contributed by atoms with Crippen molar-refractivity contribution in [2.45, 2.75) is 6.42 Å². The SMILES string of the molecule is COc1ccc(NCCc2ccccn2)nc1. The maximum Gasteiger partial charge on any atom is 0.137 e. The molecule has 1 N–H and O–H groups in total. The minimum atomic E-state index is 0.764. The number of hydrogen-bond donors (Lipinski definition) is 1. The number of ether oxygens (including phenoxy) is 1. The monoisotopic (exact) mass is 229 g/mol. The predicted octanol–water partition coefficient (Wildman–Crippen LogP) is 2.14. The Morgan fingerprint density at radius 2 is 2.12 bits per heavy atom. The summed E-state index contributed by atoms with van der Waals surface area (Å²) in [4.78, 5) is 8.48. The molecule has 0 aliphatic heterocycles. The van der Waals surface area contributed by atoms with E-state index in [1.165, 1.54) is 0 Å². The van der Waals surface area contributed by atoms with Crippen LogP contribution in [-0.2, 0) is 6.42 Å². The first-order valence-corrected chi connectivity index (χ1v) is 5.52. The van der Waals surface area contributed by atoms with E-state index in [4.69, 9.17) is 4.74 Å². The van der Waals surface area contributed by atoms with E-state index in [0.29, 0.717) is 0 Å². The highest BCUT2D eigenvalue weighted by atomic mass is 16.5. The van der Waals surface area contributed by atoms with Gasteiger partial charge >= 0.3 is 0 Å². The highest BCUT2D eigenvalue weighted by molar-refractivity contribution is 5.37. The average Bonchev–Trinajstić information content (AvgIpc) is 2.41. The summed E-state index contributed by atoms with van der Waals surface area (Å²) < 4.78 is 5.04. The first-order valence-electron chi connectivity index (χ1n) is 5.52. The Kier molecular flexibility index (Phi) is 3.91. The number of nitrogens with zero attached hydrogens (tertiary/aromatic N) is 2. The molecule has 0 aliphatic rings. The van der Waals surface area contributed by atoms with Gasteiger partial charge in [0.05, 0.1) is 13.3 Å². The van der Waals surface area contributed by atoms with Crippen molar-refractivity contribution in [3.63, 3.8) is 0 Å². The standard InChI is InChI=1S/C13H15N3O/c1-17-12-5-6-13(16-10-12)15-9-7-11-4-2-3-8-14-11/h2-6,8,10H,7,9H2,1H3,(H,15,16). The molecule has 0 unspecified atom stereocenters. The van der Waals surface area contributed by atoms with E-state index >= 15 is 0 Å². The highest BCUT2D eigenvalue weighted by Gasteiger charge is 1.96. The van der Waals surface area contributed by atoms with Crippen LogP contribution in [0.4, 0.5) is 5.82 Å². The van der Waals surface area contributed by atoms with Gasteiger partial charge in [-0.2, -0.15) is 0 Å². The molecule has 4 heteroatoms. The molecule has 2 heterocycles. The molecule has 0 atom stereocenters. The molecular weight excluding hydrogens is 214 g/mol. The van der Waals surface area contributed by atoms with Gasteiger partial charge < -0.3 is 10.1 Å². The molecule has 0 saturated heterocycles. The topological polar surface area (TPSA) is 47.0 Å². The fraction of sp³-hybridized carbons (Fsp3) is 0.231. The summed E-state index contributed by atoms with van der Waals surface area (Å²) in [6.07, 6.45) is 4.39. The molecule has 88 valence electrons. The quantitative estimate of drug-likeness (QED) is 0.853. The third kappa shape index (κ3) is 3.45. The molecule has 2 aromatic heterocycles. The number of anilines is 1. The summed E-state index contributed by atoms with van der Waals surface area (Å²) in [5.41, 5.74) is 1.08.